The van der Waals surface area contributed by atoms with Crippen LogP contribution >= 0.6 is 15.8 Å². The smallest absolute Gasteiger partial charge is 0.394 e. The van der Waals surface area contributed by atoms with Gasteiger partial charge in [-0.05, 0) is 62.6 Å². The predicted octanol–water partition coefficient (Wildman–Crippen LogP) is 5.95. The zero-order valence-corrected chi connectivity index (χ0v) is 28.0. The Hall–Kier alpha value is -2.75. The lowest BCUT2D eigenvalue weighted by atomic mass is 9.83. The summed E-state index contributed by atoms with van der Waals surface area (Å²) in [4.78, 5) is 25.7. The van der Waals surface area contributed by atoms with E-state index in [0.717, 1.165) is 0 Å². The number of carbonyl (C=O) groups excluding carboxylic acids is 2. The molecule has 224 valence electrons. The van der Waals surface area contributed by atoms with Crippen LogP contribution in [0.4, 0.5) is 0 Å². The molecule has 0 aromatic heterocycles. The van der Waals surface area contributed by atoms with Gasteiger partial charge < -0.3 is 31.0 Å². The first-order chi connectivity index (χ1) is 18.2. The lowest BCUT2D eigenvalue weighted by molar-refractivity contribution is -0.122. The highest BCUT2D eigenvalue weighted by atomic mass is 79.9. The van der Waals surface area contributed by atoms with Crippen molar-refractivity contribution in [2.24, 2.45) is 5.64 Å². The highest BCUT2D eigenvalue weighted by Crippen LogP contribution is 2.32. The van der Waals surface area contributed by atoms with Crippen molar-refractivity contribution in [1.82, 2.24) is 25.4 Å². The molecule has 2 aliphatic rings. The molecule has 5 N–H and O–H groups in total. The molecule has 0 fully saturated rings. The van der Waals surface area contributed by atoms with E-state index in [-0.39, 0.29) is 25.8 Å². The number of halogens is 1. The molecule has 0 radical (unpaired) electrons. The summed E-state index contributed by atoms with van der Waals surface area (Å²) in [6.07, 6.45) is 11.6. The van der Waals surface area contributed by atoms with Gasteiger partial charge in [0.1, 0.15) is 0 Å². The number of benzene rings is 1. The quantitative estimate of drug-likeness (QED) is 0.180. The normalized spacial score (nSPS) is 12.9. The molecule has 11 heteroatoms. The second-order valence-corrected chi connectivity index (χ2v) is 10.9. The number of carbonyl (C=O) groups is 2. The Kier molecular flexibility index (Phi) is 24.0. The second-order valence-electron chi connectivity index (χ2n) is 10.0. The molecule has 1 aromatic carbocycles. The number of rotatable bonds is 5. The van der Waals surface area contributed by atoms with E-state index in [0.29, 0.717) is 23.6 Å². The fourth-order valence-corrected chi connectivity index (χ4v) is 3.86. The molecule has 0 saturated carbocycles. The molecule has 1 aromatic rings. The Morgan fingerprint density at radius 2 is 1.05 bits per heavy atom. The average molecular weight is 619 g/mol. The van der Waals surface area contributed by atoms with Crippen LogP contribution in [-0.2, 0) is 9.59 Å². The molecular formula is C29H53B2BrN6O2. The maximum absolute atomic E-state index is 8.81. The first kappa shape index (κ1) is 41.7. The van der Waals surface area contributed by atoms with Crippen LogP contribution in [0.1, 0.15) is 76.0 Å². The summed E-state index contributed by atoms with van der Waals surface area (Å²) in [5, 5.41) is 0. The van der Waals surface area contributed by atoms with Gasteiger partial charge in [0, 0.05) is 24.8 Å². The van der Waals surface area contributed by atoms with Crippen LogP contribution in [0.5, 0.6) is 0 Å². The molecule has 8 nitrogen and oxygen atoms in total. The monoisotopic (exact) mass is 618 g/mol. The highest BCUT2D eigenvalue weighted by Gasteiger charge is 2.23. The fourth-order valence-electron chi connectivity index (χ4n) is 3.59. The standard InChI is InChI=1S/C15H24.C4H8BBrN2.C4H10BN3.C4H6.C2H2O2.H3N/c1-10(2)13-8-7-9-14(11(3)4)15(13)12(5)6;2*1-7-3-4-8(2)5(7)6;1-3-4-2;3-1-2-4;/h7-12H,1-6H3;3-4H,1-2H3;3-4H,6H2,1-2H3;3-4H,1-2H2;1-2H;1H3. The Labute approximate surface area is 253 Å². The van der Waals surface area contributed by atoms with Crippen molar-refractivity contribution < 1.29 is 9.59 Å². The third kappa shape index (κ3) is 15.7. The van der Waals surface area contributed by atoms with Crippen LogP contribution < -0.4 is 11.8 Å². The summed E-state index contributed by atoms with van der Waals surface area (Å²) in [5.41, 5.74) is 10.2. The zero-order chi connectivity index (χ0) is 30.7. The number of nitrogens with two attached hydrogens (primary N) is 1. The van der Waals surface area contributed by atoms with Crippen molar-refractivity contribution in [1.29, 1.82) is 0 Å². The predicted molar refractivity (Wildman–Crippen MR) is 180 cm³/mol. The molecular weight excluding hydrogens is 566 g/mol. The van der Waals surface area contributed by atoms with Crippen LogP contribution in [0, 0.1) is 0 Å². The molecule has 2 aliphatic heterocycles. The van der Waals surface area contributed by atoms with E-state index in [1.54, 1.807) is 17.7 Å². The molecule has 0 aliphatic carbocycles. The topological polar surface area (TPSA) is 108 Å². The van der Waals surface area contributed by atoms with Gasteiger partial charge in [-0.2, -0.15) is 0 Å². The van der Waals surface area contributed by atoms with E-state index in [4.69, 9.17) is 15.2 Å². The third-order valence-corrected chi connectivity index (χ3v) is 7.09. The van der Waals surface area contributed by atoms with Crippen molar-refractivity contribution >= 4 is 41.3 Å². The Balaban J connectivity index is -0.000000469. The summed E-state index contributed by atoms with van der Waals surface area (Å²) in [6.45, 7) is 20.5. The van der Waals surface area contributed by atoms with Crippen LogP contribution in [-0.4, -0.2) is 72.9 Å². The van der Waals surface area contributed by atoms with Crippen molar-refractivity contribution in [2.75, 3.05) is 28.2 Å². The van der Waals surface area contributed by atoms with Crippen molar-refractivity contribution in [3.63, 3.8) is 0 Å². The number of nitrogens with zero attached hydrogens (tertiary/aromatic N) is 4. The number of hydrogen-bond donors (Lipinski definition) is 2. The summed E-state index contributed by atoms with van der Waals surface area (Å²) in [5.74, 6) is 2.23. The van der Waals surface area contributed by atoms with Crippen LogP contribution in [0.25, 0.3) is 0 Å². The molecule has 40 heavy (non-hydrogen) atoms. The van der Waals surface area contributed by atoms with Crippen molar-refractivity contribution in [2.45, 2.75) is 59.3 Å². The van der Waals surface area contributed by atoms with Gasteiger partial charge in [0.05, 0.1) is 0 Å². The Morgan fingerprint density at radius 1 is 0.725 bits per heavy atom. The third-order valence-electron chi connectivity index (χ3n) is 5.80. The molecule has 0 unspecified atom stereocenters. The first-order valence-electron chi connectivity index (χ1n) is 13.1. The summed E-state index contributed by atoms with van der Waals surface area (Å²) < 4.78 is 0. The molecule has 0 amide bonds. The number of allylic oxidation sites excluding steroid dienone is 2. The van der Waals surface area contributed by atoms with Crippen molar-refractivity contribution in [3.05, 3.63) is 85.0 Å². The van der Waals surface area contributed by atoms with E-state index < -0.39 is 0 Å². The van der Waals surface area contributed by atoms with E-state index in [2.05, 4.69) is 98.3 Å². The van der Waals surface area contributed by atoms with Crippen LogP contribution in [0.2, 0.25) is 0 Å². The average Bonchev–Trinajstić information content (AvgIpc) is 3.38. The molecule has 0 atom stereocenters. The first-order valence-corrected chi connectivity index (χ1v) is 14.0. The van der Waals surface area contributed by atoms with Gasteiger partial charge in [-0.25, -0.2) is 0 Å². The number of aldehydes is 2. The van der Waals surface area contributed by atoms with Gasteiger partial charge in [-0.3, -0.25) is 9.59 Å². The molecule has 0 saturated heterocycles. The highest BCUT2D eigenvalue weighted by molar-refractivity contribution is 9.24. The zero-order valence-electron chi connectivity index (χ0n) is 26.4. The van der Waals surface area contributed by atoms with Gasteiger partial charge in [0.15, 0.2) is 12.6 Å². The van der Waals surface area contributed by atoms with Crippen LogP contribution in [0.15, 0.2) is 68.3 Å². The van der Waals surface area contributed by atoms with E-state index in [9.17, 15) is 0 Å². The van der Waals surface area contributed by atoms with Gasteiger partial charge >= 0.3 is 12.9 Å². The summed E-state index contributed by atoms with van der Waals surface area (Å²) in [7, 11) is 7.99. The maximum atomic E-state index is 8.81. The van der Waals surface area contributed by atoms with Crippen LogP contribution in [0.3, 0.4) is 0 Å². The van der Waals surface area contributed by atoms with Gasteiger partial charge in [-0.15, -0.1) is 0 Å². The summed E-state index contributed by atoms with van der Waals surface area (Å²) >= 11 is 3.46. The minimum atomic E-state index is 0. The maximum Gasteiger partial charge on any atom is 0.463 e. The Morgan fingerprint density at radius 3 is 1.20 bits per heavy atom. The van der Waals surface area contributed by atoms with Gasteiger partial charge in [0.2, 0.25) is 0 Å². The van der Waals surface area contributed by atoms with E-state index >= 15 is 0 Å². The molecule has 0 bridgehead atoms. The Bertz CT molecular complexity index is 826. The molecule has 0 spiro atoms. The second kappa shape index (κ2) is 23.0. The summed E-state index contributed by atoms with van der Waals surface area (Å²) in [6, 6.07) is 6.77. The number of hydrogen-bond acceptors (Lipinski definition) is 8. The van der Waals surface area contributed by atoms with E-state index in [1.165, 1.54) is 11.1 Å². The van der Waals surface area contributed by atoms with Gasteiger partial charge in [0.25, 0.3) is 0 Å². The SMILES string of the molecule is C=CC=C.CC(C)c1cccc(C(C)C)c1C(C)C.CN1C=CN(C)B1Br.CN1C=CN(C)B1N.N.O=CC=O. The lowest BCUT2D eigenvalue weighted by Crippen LogP contribution is -2.48. The van der Waals surface area contributed by atoms with Gasteiger partial charge in [-0.1, -0.05) is 101 Å². The molecule has 3 rings (SSSR count). The van der Waals surface area contributed by atoms with Crippen molar-refractivity contribution in [3.8, 4) is 0 Å². The fraction of sp³-hybridized carbons (Fsp3) is 0.448. The molecule has 2 heterocycles. The van der Waals surface area contributed by atoms with E-state index in [1.807, 2.05) is 62.6 Å². The largest absolute Gasteiger partial charge is 0.463 e. The minimum absolute atomic E-state index is 0. The lowest BCUT2D eigenvalue weighted by Gasteiger charge is -2.22. The minimum Gasteiger partial charge on any atom is -0.394 e.